The number of anilines is 1. The van der Waals surface area contributed by atoms with Gasteiger partial charge in [0.05, 0.1) is 41.8 Å². The normalized spacial score (nSPS) is 15.7. The zero-order chi connectivity index (χ0) is 41.8. The predicted octanol–water partition coefficient (Wildman–Crippen LogP) is 2.92. The van der Waals surface area contributed by atoms with Crippen LogP contribution in [0.1, 0.15) is 55.0 Å². The molecule has 0 bridgehead atoms. The van der Waals surface area contributed by atoms with Crippen LogP contribution < -0.4 is 16.2 Å². The molecule has 4 aromatic rings. The first-order chi connectivity index (χ1) is 27.7. The van der Waals surface area contributed by atoms with Crippen LogP contribution in [0.3, 0.4) is 0 Å². The lowest BCUT2D eigenvalue weighted by molar-refractivity contribution is -0.175. The number of para-hydroxylation sites is 1. The average molecular weight is 818 g/mol. The van der Waals surface area contributed by atoms with Gasteiger partial charge in [-0.1, -0.05) is 37.3 Å². The fourth-order valence-electron chi connectivity index (χ4n) is 7.22. The second-order valence-corrected chi connectivity index (χ2v) is 16.0. The minimum Gasteiger partial charge on any atom is -0.457 e. The highest BCUT2D eigenvalue weighted by molar-refractivity contribution is 7.88. The van der Waals surface area contributed by atoms with Crippen molar-refractivity contribution < 1.29 is 51.3 Å². The van der Waals surface area contributed by atoms with E-state index in [1.165, 1.54) is 10.6 Å². The van der Waals surface area contributed by atoms with Crippen molar-refractivity contribution in [1.82, 2.24) is 19.2 Å². The van der Waals surface area contributed by atoms with Gasteiger partial charge in [-0.3, -0.25) is 14.4 Å². The molecule has 0 spiro atoms. The fourth-order valence-corrected chi connectivity index (χ4v) is 8.41. The molecule has 4 heterocycles. The Bertz CT molecular complexity index is 2450. The summed E-state index contributed by atoms with van der Waals surface area (Å²) >= 11 is 0. The Hall–Kier alpha value is -5.98. The third kappa shape index (κ3) is 8.63. The molecular weight excluding hydrogens is 775 g/mol. The van der Waals surface area contributed by atoms with E-state index in [2.05, 4.69) is 10.6 Å². The number of fused-ring (bicyclic) bond motifs is 5. The van der Waals surface area contributed by atoms with Crippen molar-refractivity contribution in [3.63, 3.8) is 0 Å². The molecule has 2 aromatic heterocycles. The predicted molar refractivity (Wildman–Crippen MR) is 209 cm³/mol. The zero-order valence-corrected chi connectivity index (χ0v) is 33.2. The summed E-state index contributed by atoms with van der Waals surface area (Å²) in [6.07, 6.45) is 0.759. The number of carbonyl (C=O) groups is 5. The van der Waals surface area contributed by atoms with E-state index in [0.29, 0.717) is 40.9 Å². The molecule has 2 aromatic carbocycles. The van der Waals surface area contributed by atoms with Crippen molar-refractivity contribution >= 4 is 56.8 Å². The number of nitrogens with one attached hydrogen (secondary N) is 2. The molecule has 0 saturated heterocycles. The first-order valence-corrected chi connectivity index (χ1v) is 20.4. The maximum atomic E-state index is 14.2. The first kappa shape index (κ1) is 41.6. The molecule has 0 fully saturated rings. The highest BCUT2D eigenvalue weighted by atomic mass is 32.2. The van der Waals surface area contributed by atoms with E-state index in [0.717, 1.165) is 16.5 Å². The number of rotatable bonds is 16. The van der Waals surface area contributed by atoms with Gasteiger partial charge >= 0.3 is 12.1 Å². The zero-order valence-electron chi connectivity index (χ0n) is 32.4. The number of benzene rings is 2. The topological polar surface area (TPSA) is 219 Å². The summed E-state index contributed by atoms with van der Waals surface area (Å²) in [6.45, 7) is 4.07. The van der Waals surface area contributed by atoms with Gasteiger partial charge in [-0.05, 0) is 62.1 Å². The Morgan fingerprint density at radius 3 is 2.50 bits per heavy atom. The summed E-state index contributed by atoms with van der Waals surface area (Å²) in [7, 11) is -3.51. The molecule has 0 saturated carbocycles. The molecule has 18 heteroatoms. The second-order valence-electron chi connectivity index (χ2n) is 14.1. The van der Waals surface area contributed by atoms with Crippen LogP contribution in [0, 0.1) is 0 Å². The smallest absolute Gasteiger partial charge is 0.457 e. The highest BCUT2D eigenvalue weighted by Gasteiger charge is 2.51. The first-order valence-electron chi connectivity index (χ1n) is 18.5. The Morgan fingerprint density at radius 2 is 1.81 bits per heavy atom. The van der Waals surface area contributed by atoms with Crippen LogP contribution in [-0.4, -0.2) is 91.1 Å². The standard InChI is InChI=1S/C40H43N5O12S/c1-5-40(57-39(51)56-21-25-10-12-26(13-11-25)42-34(47)19-41-35(48)23-54-17-16-46)31-18-33-36-29(20-44(33)37(49)30(31)22-55-38(40)50)27(28-8-6-7-9-32(28)43-36)14-15-45(24(2)3)58(4,52)53/h6-13,16,18,24H,5,14-15,17,19-23H2,1-4H3,(H,41,48)(H,42,47)/t40-/m0/s1. The average Bonchev–Trinajstić information content (AvgIpc) is 3.55. The van der Waals surface area contributed by atoms with E-state index in [-0.39, 0.29) is 69.7 Å². The second kappa shape index (κ2) is 17.3. The van der Waals surface area contributed by atoms with Gasteiger partial charge in [-0.25, -0.2) is 23.0 Å². The molecular formula is C40H43N5O12S. The molecule has 2 amide bonds. The molecule has 0 radical (unpaired) electrons. The van der Waals surface area contributed by atoms with Gasteiger partial charge in [-0.15, -0.1) is 0 Å². The molecule has 306 valence electrons. The van der Waals surface area contributed by atoms with Crippen molar-refractivity contribution in [1.29, 1.82) is 0 Å². The lowest BCUT2D eigenvalue weighted by Crippen LogP contribution is -2.47. The van der Waals surface area contributed by atoms with E-state index in [9.17, 15) is 37.2 Å². The van der Waals surface area contributed by atoms with Crippen LogP contribution in [0.5, 0.6) is 0 Å². The molecule has 6 rings (SSSR count). The molecule has 2 aliphatic heterocycles. The summed E-state index contributed by atoms with van der Waals surface area (Å²) < 4.78 is 49.6. The van der Waals surface area contributed by atoms with Gasteiger partial charge in [0, 0.05) is 34.8 Å². The molecule has 2 N–H and O–H groups in total. The molecule has 58 heavy (non-hydrogen) atoms. The highest BCUT2D eigenvalue weighted by Crippen LogP contribution is 2.42. The van der Waals surface area contributed by atoms with Crippen molar-refractivity contribution in [3.8, 4) is 11.4 Å². The van der Waals surface area contributed by atoms with Crippen molar-refractivity contribution in [3.05, 3.63) is 92.8 Å². The monoisotopic (exact) mass is 817 g/mol. The summed E-state index contributed by atoms with van der Waals surface area (Å²) in [5.74, 6) is -1.94. The SMILES string of the molecule is CC[C@@]1(OC(=O)OCc2ccc(NC(=O)CNC(=O)COCC=O)cc2)C(=O)OCc2c1cc1n(c2=O)Cc2c-1nc1ccccc1c2CCN(C(C)C)S(C)(=O)=O. The number of nitrogens with zero attached hydrogens (tertiary/aromatic N) is 3. The number of aromatic nitrogens is 2. The summed E-state index contributed by atoms with van der Waals surface area (Å²) in [5.41, 5.74) is 1.92. The van der Waals surface area contributed by atoms with Gasteiger partial charge in [0.1, 0.15) is 32.7 Å². The number of sulfonamides is 1. The summed E-state index contributed by atoms with van der Waals surface area (Å²) in [6, 6.07) is 15.1. The van der Waals surface area contributed by atoms with Crippen molar-refractivity contribution in [2.24, 2.45) is 0 Å². The van der Waals surface area contributed by atoms with Crippen LogP contribution in [0.15, 0.2) is 59.4 Å². The van der Waals surface area contributed by atoms with Gasteiger partial charge in [0.2, 0.25) is 27.4 Å². The molecule has 0 unspecified atom stereocenters. The summed E-state index contributed by atoms with van der Waals surface area (Å²) in [5, 5.41) is 5.80. The maximum Gasteiger partial charge on any atom is 0.510 e. The Morgan fingerprint density at radius 1 is 1.07 bits per heavy atom. The van der Waals surface area contributed by atoms with Crippen LogP contribution >= 0.6 is 0 Å². The van der Waals surface area contributed by atoms with Crippen LogP contribution in [-0.2, 0) is 79.9 Å². The van der Waals surface area contributed by atoms with Crippen LogP contribution in [0.2, 0.25) is 0 Å². The maximum absolute atomic E-state index is 14.2. The van der Waals surface area contributed by atoms with E-state index in [1.54, 1.807) is 41.8 Å². The third-order valence-electron chi connectivity index (χ3n) is 9.98. The summed E-state index contributed by atoms with van der Waals surface area (Å²) in [4.78, 5) is 80.1. The van der Waals surface area contributed by atoms with Crippen LogP contribution in [0.4, 0.5) is 10.5 Å². The van der Waals surface area contributed by atoms with Gasteiger partial charge in [-0.2, -0.15) is 4.31 Å². The molecule has 1 atom stereocenters. The molecule has 0 aliphatic carbocycles. The lowest BCUT2D eigenvalue weighted by Gasteiger charge is -2.35. The number of pyridine rings is 2. The number of amides is 2. The number of cyclic esters (lactones) is 1. The number of hydrogen-bond acceptors (Lipinski definition) is 13. The number of ether oxygens (including phenoxy) is 4. The van der Waals surface area contributed by atoms with Gasteiger partial charge in [0.15, 0.2) is 0 Å². The fraction of sp³-hybridized carbons (Fsp3) is 0.375. The van der Waals surface area contributed by atoms with E-state index in [4.69, 9.17) is 23.9 Å². The van der Waals surface area contributed by atoms with Crippen molar-refractivity contribution in [2.45, 2.75) is 65.0 Å². The van der Waals surface area contributed by atoms with Crippen LogP contribution in [0.25, 0.3) is 22.3 Å². The number of esters is 1. The Labute approximate surface area is 333 Å². The minimum absolute atomic E-state index is 0.0861. The Kier molecular flexibility index (Phi) is 12.4. The van der Waals surface area contributed by atoms with E-state index in [1.807, 2.05) is 38.1 Å². The van der Waals surface area contributed by atoms with Gasteiger partial charge < -0.3 is 38.9 Å². The lowest BCUT2D eigenvalue weighted by atomic mass is 9.85. The number of aldehydes is 1. The van der Waals surface area contributed by atoms with E-state index >= 15 is 0 Å². The minimum atomic E-state index is -3.51. The van der Waals surface area contributed by atoms with Gasteiger partial charge in [0.25, 0.3) is 5.56 Å². The molecule has 2 aliphatic rings. The van der Waals surface area contributed by atoms with Crippen molar-refractivity contribution in [2.75, 3.05) is 37.9 Å². The number of hydrogen-bond donors (Lipinski definition) is 2. The van der Waals surface area contributed by atoms with E-state index < -0.39 is 45.1 Å². The quantitative estimate of drug-likeness (QED) is 0.0833. The largest absolute Gasteiger partial charge is 0.510 e. The third-order valence-corrected chi connectivity index (χ3v) is 11.4. The number of carbonyl (C=O) groups excluding carboxylic acids is 5. The molecule has 17 nitrogen and oxygen atoms in total. The Balaban J connectivity index is 1.21.